The molecule has 0 spiro atoms. The molecule has 6 heteroatoms. The van der Waals surface area contributed by atoms with E-state index in [1.165, 1.54) is 6.92 Å². The second-order valence-corrected chi connectivity index (χ2v) is 8.25. The monoisotopic (exact) mass is 441 g/mol. The van der Waals surface area contributed by atoms with Gasteiger partial charge in [0, 0.05) is 42.9 Å². The molecule has 1 fully saturated rings. The maximum Gasteiger partial charge on any atom is 0.253 e. The van der Waals surface area contributed by atoms with Crippen LogP contribution in [0.3, 0.4) is 0 Å². The standard InChI is InChI=1S/C27H27N3O3/c1-19(31)28-25-9-5-8-23(18-25)27(33)30-16-14-24(15-17-30)29-26(32)22-12-10-21(11-13-22)20-6-3-2-4-7-20/h2-13,18,24H,14-17H2,1H3,(H,28,31)(H,29,32). The normalized spacial score (nSPS) is 13.9. The molecule has 1 heterocycles. The van der Waals surface area contributed by atoms with Gasteiger partial charge in [-0.05, 0) is 54.3 Å². The van der Waals surface area contributed by atoms with Gasteiger partial charge in [-0.3, -0.25) is 14.4 Å². The Hall–Kier alpha value is -3.93. The van der Waals surface area contributed by atoms with Crippen LogP contribution in [0.1, 0.15) is 40.5 Å². The zero-order valence-electron chi connectivity index (χ0n) is 18.6. The molecule has 0 saturated carbocycles. The van der Waals surface area contributed by atoms with Crippen molar-refractivity contribution >= 4 is 23.4 Å². The Bertz CT molecular complexity index is 1130. The van der Waals surface area contributed by atoms with Crippen molar-refractivity contribution in [2.24, 2.45) is 0 Å². The van der Waals surface area contributed by atoms with E-state index in [4.69, 9.17) is 0 Å². The molecule has 3 aromatic carbocycles. The van der Waals surface area contributed by atoms with E-state index >= 15 is 0 Å². The lowest BCUT2D eigenvalue weighted by atomic mass is 10.0. The smallest absolute Gasteiger partial charge is 0.253 e. The van der Waals surface area contributed by atoms with Crippen molar-refractivity contribution in [2.45, 2.75) is 25.8 Å². The number of hydrogen-bond donors (Lipinski definition) is 2. The first-order valence-corrected chi connectivity index (χ1v) is 11.1. The maximum atomic E-state index is 12.9. The lowest BCUT2D eigenvalue weighted by molar-refractivity contribution is -0.114. The highest BCUT2D eigenvalue weighted by Crippen LogP contribution is 2.20. The summed E-state index contributed by atoms with van der Waals surface area (Å²) in [5.74, 6) is -0.336. The van der Waals surface area contributed by atoms with Gasteiger partial charge in [-0.2, -0.15) is 0 Å². The summed E-state index contributed by atoms with van der Waals surface area (Å²) in [6.07, 6.45) is 1.40. The topological polar surface area (TPSA) is 78.5 Å². The van der Waals surface area contributed by atoms with E-state index in [-0.39, 0.29) is 23.8 Å². The van der Waals surface area contributed by atoms with Crippen LogP contribution >= 0.6 is 0 Å². The Balaban J connectivity index is 1.30. The van der Waals surface area contributed by atoms with Crippen molar-refractivity contribution in [2.75, 3.05) is 18.4 Å². The van der Waals surface area contributed by atoms with Crippen molar-refractivity contribution in [3.8, 4) is 11.1 Å². The fraction of sp³-hybridized carbons (Fsp3) is 0.222. The summed E-state index contributed by atoms with van der Waals surface area (Å²) in [6.45, 7) is 2.58. The summed E-state index contributed by atoms with van der Waals surface area (Å²) in [5.41, 5.74) is 3.96. The number of rotatable bonds is 5. The molecule has 3 amide bonds. The van der Waals surface area contributed by atoms with Crippen LogP contribution in [0.4, 0.5) is 5.69 Å². The highest BCUT2D eigenvalue weighted by Gasteiger charge is 2.25. The first-order valence-electron chi connectivity index (χ1n) is 11.1. The van der Waals surface area contributed by atoms with Gasteiger partial charge in [-0.25, -0.2) is 0 Å². The quantitative estimate of drug-likeness (QED) is 0.618. The number of benzene rings is 3. The van der Waals surface area contributed by atoms with Crippen LogP contribution < -0.4 is 10.6 Å². The molecule has 1 aliphatic heterocycles. The van der Waals surface area contributed by atoms with Gasteiger partial charge in [-0.15, -0.1) is 0 Å². The van der Waals surface area contributed by atoms with Crippen LogP contribution in [0, 0.1) is 0 Å². The summed E-state index contributed by atoms with van der Waals surface area (Å²) >= 11 is 0. The van der Waals surface area contributed by atoms with Crippen LogP contribution in [-0.2, 0) is 4.79 Å². The van der Waals surface area contributed by atoms with Crippen molar-refractivity contribution < 1.29 is 14.4 Å². The molecule has 168 valence electrons. The largest absolute Gasteiger partial charge is 0.349 e. The molecule has 0 unspecified atom stereocenters. The van der Waals surface area contributed by atoms with Gasteiger partial charge in [0.05, 0.1) is 0 Å². The lowest BCUT2D eigenvalue weighted by Gasteiger charge is -2.32. The van der Waals surface area contributed by atoms with E-state index in [9.17, 15) is 14.4 Å². The number of carbonyl (C=O) groups is 3. The zero-order chi connectivity index (χ0) is 23.2. The SMILES string of the molecule is CC(=O)Nc1cccc(C(=O)N2CCC(NC(=O)c3ccc(-c4ccccc4)cc3)CC2)c1. The van der Waals surface area contributed by atoms with Gasteiger partial charge in [0.2, 0.25) is 5.91 Å². The molecule has 4 rings (SSSR count). The lowest BCUT2D eigenvalue weighted by Crippen LogP contribution is -2.46. The Labute approximate surface area is 193 Å². The zero-order valence-corrected chi connectivity index (χ0v) is 18.6. The van der Waals surface area contributed by atoms with Crippen molar-refractivity contribution in [1.29, 1.82) is 0 Å². The minimum absolute atomic E-state index is 0.0288. The minimum atomic E-state index is -0.175. The van der Waals surface area contributed by atoms with E-state index in [1.807, 2.05) is 54.6 Å². The number of likely N-dealkylation sites (tertiary alicyclic amines) is 1. The van der Waals surface area contributed by atoms with Crippen LogP contribution in [0.25, 0.3) is 11.1 Å². The summed E-state index contributed by atoms with van der Waals surface area (Å²) in [6, 6.07) is 24.6. The maximum absolute atomic E-state index is 12.9. The predicted octanol–water partition coefficient (Wildman–Crippen LogP) is 4.35. The van der Waals surface area contributed by atoms with E-state index in [0.717, 1.165) is 11.1 Å². The van der Waals surface area contributed by atoms with Gasteiger partial charge in [0.1, 0.15) is 0 Å². The van der Waals surface area contributed by atoms with Crippen molar-refractivity contribution in [1.82, 2.24) is 10.2 Å². The molecular formula is C27H27N3O3. The summed E-state index contributed by atoms with van der Waals surface area (Å²) in [4.78, 5) is 38.6. The third-order valence-corrected chi connectivity index (χ3v) is 5.80. The Kier molecular flexibility index (Phi) is 6.83. The first kappa shape index (κ1) is 22.3. The van der Waals surface area contributed by atoms with Gasteiger partial charge < -0.3 is 15.5 Å². The molecule has 0 bridgehead atoms. The molecule has 2 N–H and O–H groups in total. The third-order valence-electron chi connectivity index (χ3n) is 5.80. The van der Waals surface area contributed by atoms with Crippen LogP contribution in [-0.4, -0.2) is 41.8 Å². The predicted molar refractivity (Wildman–Crippen MR) is 129 cm³/mol. The van der Waals surface area contributed by atoms with E-state index in [1.54, 1.807) is 29.2 Å². The van der Waals surface area contributed by atoms with Gasteiger partial charge >= 0.3 is 0 Å². The molecule has 1 saturated heterocycles. The number of nitrogens with one attached hydrogen (secondary N) is 2. The molecule has 0 atom stereocenters. The van der Waals surface area contributed by atoms with Crippen LogP contribution in [0.2, 0.25) is 0 Å². The number of carbonyl (C=O) groups excluding carboxylic acids is 3. The molecule has 33 heavy (non-hydrogen) atoms. The molecule has 3 aromatic rings. The highest BCUT2D eigenvalue weighted by molar-refractivity contribution is 5.97. The number of hydrogen-bond acceptors (Lipinski definition) is 3. The fourth-order valence-electron chi connectivity index (χ4n) is 4.06. The number of piperidine rings is 1. The third kappa shape index (κ3) is 5.66. The van der Waals surface area contributed by atoms with E-state index < -0.39 is 0 Å². The average molecular weight is 442 g/mol. The van der Waals surface area contributed by atoms with Gasteiger partial charge in [0.15, 0.2) is 0 Å². The second-order valence-electron chi connectivity index (χ2n) is 8.25. The number of nitrogens with zero attached hydrogens (tertiary/aromatic N) is 1. The number of anilines is 1. The minimum Gasteiger partial charge on any atom is -0.349 e. The molecule has 0 aliphatic carbocycles. The van der Waals surface area contributed by atoms with E-state index in [0.29, 0.717) is 42.7 Å². The number of amides is 3. The summed E-state index contributed by atoms with van der Waals surface area (Å²) < 4.78 is 0. The van der Waals surface area contributed by atoms with Crippen molar-refractivity contribution in [3.05, 3.63) is 90.0 Å². The van der Waals surface area contributed by atoms with Gasteiger partial charge in [-0.1, -0.05) is 48.5 Å². The fourth-order valence-corrected chi connectivity index (χ4v) is 4.06. The Morgan fingerprint density at radius 2 is 1.45 bits per heavy atom. The highest BCUT2D eigenvalue weighted by atomic mass is 16.2. The van der Waals surface area contributed by atoms with Crippen molar-refractivity contribution in [3.63, 3.8) is 0 Å². The Morgan fingerprint density at radius 3 is 2.12 bits per heavy atom. The Morgan fingerprint density at radius 1 is 0.788 bits per heavy atom. The molecule has 0 radical (unpaired) electrons. The molecule has 1 aliphatic rings. The van der Waals surface area contributed by atoms with E-state index in [2.05, 4.69) is 10.6 Å². The molecule has 0 aromatic heterocycles. The first-order chi connectivity index (χ1) is 16.0. The second kappa shape index (κ2) is 10.1. The molecular weight excluding hydrogens is 414 g/mol. The van der Waals surface area contributed by atoms with Crippen LogP contribution in [0.5, 0.6) is 0 Å². The van der Waals surface area contributed by atoms with Gasteiger partial charge in [0.25, 0.3) is 11.8 Å². The van der Waals surface area contributed by atoms with Crippen LogP contribution in [0.15, 0.2) is 78.9 Å². The molecule has 6 nitrogen and oxygen atoms in total. The summed E-state index contributed by atoms with van der Waals surface area (Å²) in [5, 5.41) is 5.80. The average Bonchev–Trinajstić information content (AvgIpc) is 2.84. The summed E-state index contributed by atoms with van der Waals surface area (Å²) in [7, 11) is 0.